The van der Waals surface area contributed by atoms with Gasteiger partial charge in [-0.3, -0.25) is 0 Å². The van der Waals surface area contributed by atoms with Gasteiger partial charge in [-0.25, -0.2) is 0 Å². The molecule has 1 aliphatic rings. The van der Waals surface area contributed by atoms with Crippen molar-refractivity contribution in [1.29, 1.82) is 0 Å². The maximum absolute atomic E-state index is 11.6. The maximum atomic E-state index is 11.6. The van der Waals surface area contributed by atoms with Crippen LogP contribution in [0, 0.1) is 12.3 Å². The van der Waals surface area contributed by atoms with Crippen LogP contribution in [-0.2, 0) is 4.79 Å². The van der Waals surface area contributed by atoms with Crippen molar-refractivity contribution in [2.24, 2.45) is 0 Å². The van der Waals surface area contributed by atoms with Gasteiger partial charge >= 0.3 is 108 Å². The molecule has 1 amide bonds. The Morgan fingerprint density at radius 1 is 1.41 bits per heavy atom. The second kappa shape index (κ2) is 5.91. The number of rotatable bonds is 4. The van der Waals surface area contributed by atoms with Gasteiger partial charge in [-0.05, 0) is 0 Å². The third-order valence-corrected chi connectivity index (χ3v) is 5.33. The van der Waals surface area contributed by atoms with Crippen molar-refractivity contribution >= 4 is 25.3 Å². The van der Waals surface area contributed by atoms with Crippen molar-refractivity contribution < 1.29 is 4.79 Å². The standard InChI is InChI=1S/C14H15NOSe/c1-2-10-15-12(8-9-14(15)16)11-17-13-6-4-3-5-7-13/h1,3-7,12H,8-11H2. The van der Waals surface area contributed by atoms with Gasteiger partial charge in [0.2, 0.25) is 0 Å². The summed E-state index contributed by atoms with van der Waals surface area (Å²) < 4.78 is 1.39. The van der Waals surface area contributed by atoms with E-state index >= 15 is 0 Å². The monoisotopic (exact) mass is 293 g/mol. The fourth-order valence-electron chi connectivity index (χ4n) is 1.99. The number of benzene rings is 1. The van der Waals surface area contributed by atoms with E-state index in [4.69, 9.17) is 6.42 Å². The van der Waals surface area contributed by atoms with Gasteiger partial charge in [0.25, 0.3) is 0 Å². The molecule has 1 aromatic carbocycles. The number of nitrogens with zero attached hydrogens (tertiary/aromatic N) is 1. The first-order valence-electron chi connectivity index (χ1n) is 5.72. The number of hydrogen-bond acceptors (Lipinski definition) is 1. The van der Waals surface area contributed by atoms with E-state index in [9.17, 15) is 4.79 Å². The zero-order valence-electron chi connectivity index (χ0n) is 9.63. The van der Waals surface area contributed by atoms with Crippen LogP contribution in [0.15, 0.2) is 30.3 Å². The summed E-state index contributed by atoms with van der Waals surface area (Å²) in [6.07, 6.45) is 6.93. The number of carbonyl (C=O) groups is 1. The van der Waals surface area contributed by atoms with Gasteiger partial charge in [0.05, 0.1) is 0 Å². The van der Waals surface area contributed by atoms with E-state index in [2.05, 4.69) is 30.2 Å². The van der Waals surface area contributed by atoms with Crippen LogP contribution < -0.4 is 4.46 Å². The predicted molar refractivity (Wildman–Crippen MR) is 70.2 cm³/mol. The third kappa shape index (κ3) is 3.12. The van der Waals surface area contributed by atoms with Gasteiger partial charge in [0.1, 0.15) is 0 Å². The Kier molecular flexibility index (Phi) is 4.25. The van der Waals surface area contributed by atoms with Gasteiger partial charge in [0, 0.05) is 0 Å². The summed E-state index contributed by atoms with van der Waals surface area (Å²) in [7, 11) is 0. The topological polar surface area (TPSA) is 20.3 Å². The van der Waals surface area contributed by atoms with E-state index in [1.54, 1.807) is 0 Å². The molecule has 1 saturated heterocycles. The molecule has 2 rings (SSSR count). The fraction of sp³-hybridized carbons (Fsp3) is 0.357. The van der Waals surface area contributed by atoms with Crippen molar-refractivity contribution in [3.05, 3.63) is 30.3 Å². The molecule has 0 radical (unpaired) electrons. The first kappa shape index (κ1) is 12.2. The molecule has 1 unspecified atom stereocenters. The summed E-state index contributed by atoms with van der Waals surface area (Å²) in [5, 5.41) is 1.07. The molecule has 88 valence electrons. The molecular weight excluding hydrogens is 277 g/mol. The van der Waals surface area contributed by atoms with Crippen LogP contribution in [0.25, 0.3) is 0 Å². The van der Waals surface area contributed by atoms with E-state index in [0.717, 1.165) is 11.7 Å². The Balaban J connectivity index is 1.91. The Morgan fingerprint density at radius 3 is 2.88 bits per heavy atom. The average molecular weight is 292 g/mol. The van der Waals surface area contributed by atoms with Gasteiger partial charge in [-0.1, -0.05) is 0 Å². The van der Waals surface area contributed by atoms with Crippen molar-refractivity contribution in [2.45, 2.75) is 24.2 Å². The Bertz CT molecular complexity index is 424. The van der Waals surface area contributed by atoms with E-state index in [1.807, 2.05) is 11.0 Å². The summed E-state index contributed by atoms with van der Waals surface area (Å²) in [5.74, 6) is 2.80. The second-order valence-electron chi connectivity index (χ2n) is 4.04. The minimum atomic E-state index is 0.219. The van der Waals surface area contributed by atoms with Gasteiger partial charge < -0.3 is 0 Å². The van der Waals surface area contributed by atoms with E-state index < -0.39 is 0 Å². The van der Waals surface area contributed by atoms with E-state index in [-0.39, 0.29) is 5.91 Å². The minimum absolute atomic E-state index is 0.219. The molecule has 1 aromatic rings. The number of hydrogen-bond donors (Lipinski definition) is 0. The molecule has 1 atom stereocenters. The van der Waals surface area contributed by atoms with Crippen LogP contribution in [0.5, 0.6) is 0 Å². The van der Waals surface area contributed by atoms with Crippen molar-refractivity contribution in [2.75, 3.05) is 6.54 Å². The normalized spacial score (nSPS) is 19.4. The molecular formula is C14H15NOSe. The van der Waals surface area contributed by atoms with Gasteiger partial charge in [0.15, 0.2) is 0 Å². The first-order valence-corrected chi connectivity index (χ1v) is 7.79. The SMILES string of the molecule is C#CCN1C(=O)CCC1C[Se]c1ccccc1. The summed E-state index contributed by atoms with van der Waals surface area (Å²) in [4.78, 5) is 13.5. The summed E-state index contributed by atoms with van der Waals surface area (Å²) in [6, 6.07) is 10.8. The van der Waals surface area contributed by atoms with Crippen LogP contribution in [0.4, 0.5) is 0 Å². The Labute approximate surface area is 109 Å². The Hall–Kier alpha value is -1.23. The van der Waals surface area contributed by atoms with Crippen molar-refractivity contribution in [3.8, 4) is 12.3 Å². The molecule has 0 bridgehead atoms. The van der Waals surface area contributed by atoms with Crippen LogP contribution >= 0.6 is 0 Å². The summed E-state index contributed by atoms with van der Waals surface area (Å²) >= 11 is 0.434. The summed E-state index contributed by atoms with van der Waals surface area (Å²) in [6.45, 7) is 0.467. The fourth-order valence-corrected chi connectivity index (χ4v) is 4.26. The predicted octanol–water partition coefficient (Wildman–Crippen LogP) is 1.06. The molecule has 17 heavy (non-hydrogen) atoms. The molecule has 1 fully saturated rings. The van der Waals surface area contributed by atoms with Crippen molar-refractivity contribution in [3.63, 3.8) is 0 Å². The van der Waals surface area contributed by atoms with E-state index in [1.165, 1.54) is 4.46 Å². The molecule has 1 aliphatic heterocycles. The van der Waals surface area contributed by atoms with Crippen LogP contribution in [0.3, 0.4) is 0 Å². The van der Waals surface area contributed by atoms with Crippen LogP contribution in [0.2, 0.25) is 5.32 Å². The van der Waals surface area contributed by atoms with Crippen LogP contribution in [-0.4, -0.2) is 38.4 Å². The number of terminal acetylenes is 1. The third-order valence-electron chi connectivity index (χ3n) is 2.90. The molecule has 1 heterocycles. The molecule has 0 N–H and O–H groups in total. The van der Waals surface area contributed by atoms with Gasteiger partial charge in [-0.15, -0.1) is 0 Å². The van der Waals surface area contributed by atoms with Crippen molar-refractivity contribution in [1.82, 2.24) is 4.90 Å². The van der Waals surface area contributed by atoms with Gasteiger partial charge in [-0.2, -0.15) is 0 Å². The molecule has 0 aliphatic carbocycles. The van der Waals surface area contributed by atoms with Crippen LogP contribution in [0.1, 0.15) is 12.8 Å². The molecule has 3 heteroatoms. The average Bonchev–Trinajstić information content (AvgIpc) is 2.70. The first-order chi connectivity index (χ1) is 8.31. The summed E-state index contributed by atoms with van der Waals surface area (Å²) in [5.41, 5.74) is 0. The number of likely N-dealkylation sites (tertiary alicyclic amines) is 1. The van der Waals surface area contributed by atoms with E-state index in [0.29, 0.717) is 34.0 Å². The quantitative estimate of drug-likeness (QED) is 0.600. The zero-order valence-corrected chi connectivity index (χ0v) is 11.3. The molecule has 0 saturated carbocycles. The second-order valence-corrected chi connectivity index (χ2v) is 6.34. The Morgan fingerprint density at radius 2 is 2.18 bits per heavy atom. The number of carbonyl (C=O) groups excluding carboxylic acids is 1. The molecule has 0 spiro atoms. The molecule has 2 nitrogen and oxygen atoms in total. The molecule has 0 aromatic heterocycles. The number of amides is 1. The zero-order chi connectivity index (χ0) is 12.1.